The Labute approximate surface area is 91.9 Å². The second kappa shape index (κ2) is 3.20. The first kappa shape index (κ1) is 9.15. The predicted octanol–water partition coefficient (Wildman–Crippen LogP) is 0.897. The van der Waals surface area contributed by atoms with E-state index in [9.17, 15) is 9.59 Å². The minimum atomic E-state index is -0.211. The molecule has 0 bridgehead atoms. The van der Waals surface area contributed by atoms with Crippen molar-refractivity contribution in [2.45, 2.75) is 0 Å². The van der Waals surface area contributed by atoms with Gasteiger partial charge in [-0.3, -0.25) is 9.59 Å². The van der Waals surface area contributed by atoms with Crippen molar-refractivity contribution in [2.75, 3.05) is 13.2 Å². The molecule has 80 valence electrons. The van der Waals surface area contributed by atoms with Gasteiger partial charge < -0.3 is 10.1 Å². The van der Waals surface area contributed by atoms with Crippen molar-refractivity contribution in [3.05, 3.63) is 46.8 Å². The highest BCUT2D eigenvalue weighted by atomic mass is 16.5. The Morgan fingerprint density at radius 3 is 2.50 bits per heavy atom. The lowest BCUT2D eigenvalue weighted by Gasteiger charge is -2.25. The zero-order chi connectivity index (χ0) is 11.1. The molecule has 3 rings (SSSR count). The van der Waals surface area contributed by atoms with Crippen LogP contribution in [-0.2, 0) is 4.74 Å². The standard InChI is InChI=1S/C12H9NO3/c14-10-7-3-1-2-4-8(7)11(15)12-9(10)13-5-6-16-12/h1-4,13H,5-6H2. The molecule has 1 aromatic carbocycles. The third kappa shape index (κ3) is 1.10. The number of carbonyl (C=O) groups excluding carboxylic acids is 2. The van der Waals surface area contributed by atoms with E-state index in [1.807, 2.05) is 0 Å². The van der Waals surface area contributed by atoms with Gasteiger partial charge in [0.15, 0.2) is 5.76 Å². The maximum atomic E-state index is 12.0. The molecule has 0 unspecified atom stereocenters. The average molecular weight is 215 g/mol. The molecule has 0 aromatic heterocycles. The minimum absolute atomic E-state index is 0.162. The van der Waals surface area contributed by atoms with Crippen molar-refractivity contribution in [3.8, 4) is 0 Å². The summed E-state index contributed by atoms with van der Waals surface area (Å²) in [5, 5.41) is 2.93. The third-order valence-corrected chi connectivity index (χ3v) is 2.73. The van der Waals surface area contributed by atoms with E-state index in [2.05, 4.69) is 5.32 Å². The first-order chi connectivity index (χ1) is 7.79. The molecule has 1 aliphatic heterocycles. The van der Waals surface area contributed by atoms with Crippen LogP contribution in [0.4, 0.5) is 0 Å². The van der Waals surface area contributed by atoms with E-state index >= 15 is 0 Å². The maximum absolute atomic E-state index is 12.0. The fraction of sp³-hybridized carbons (Fsp3) is 0.167. The number of Topliss-reactive ketones (excluding diaryl/α,β-unsaturated/α-hetero) is 2. The zero-order valence-corrected chi connectivity index (χ0v) is 8.45. The minimum Gasteiger partial charge on any atom is -0.486 e. The molecule has 1 aromatic rings. The lowest BCUT2D eigenvalue weighted by molar-refractivity contribution is 0.0836. The van der Waals surface area contributed by atoms with Crippen molar-refractivity contribution in [3.63, 3.8) is 0 Å². The van der Waals surface area contributed by atoms with Gasteiger partial charge in [-0.2, -0.15) is 0 Å². The molecule has 0 saturated heterocycles. The van der Waals surface area contributed by atoms with Crippen molar-refractivity contribution in [1.82, 2.24) is 5.32 Å². The summed E-state index contributed by atoms with van der Waals surface area (Å²) in [6.45, 7) is 0.972. The molecule has 0 amide bonds. The lowest BCUT2D eigenvalue weighted by atomic mass is 9.91. The van der Waals surface area contributed by atoms with Crippen LogP contribution >= 0.6 is 0 Å². The highest BCUT2D eigenvalue weighted by Crippen LogP contribution is 2.26. The third-order valence-electron chi connectivity index (χ3n) is 2.73. The van der Waals surface area contributed by atoms with E-state index < -0.39 is 0 Å². The highest BCUT2D eigenvalue weighted by Gasteiger charge is 2.34. The molecule has 0 saturated carbocycles. The Morgan fingerprint density at radius 1 is 1.06 bits per heavy atom. The summed E-state index contributed by atoms with van der Waals surface area (Å²) in [6.07, 6.45) is 0. The lowest BCUT2D eigenvalue weighted by Crippen LogP contribution is -2.37. The fourth-order valence-corrected chi connectivity index (χ4v) is 1.98. The monoisotopic (exact) mass is 215 g/mol. The number of hydrogen-bond donors (Lipinski definition) is 1. The fourth-order valence-electron chi connectivity index (χ4n) is 1.98. The van der Waals surface area contributed by atoms with Gasteiger partial charge in [0.25, 0.3) is 0 Å². The topological polar surface area (TPSA) is 55.4 Å². The van der Waals surface area contributed by atoms with E-state index in [1.165, 1.54) is 0 Å². The molecule has 4 heteroatoms. The number of benzene rings is 1. The number of nitrogens with one attached hydrogen (secondary N) is 1. The molecule has 0 spiro atoms. The van der Waals surface area contributed by atoms with Crippen LogP contribution < -0.4 is 5.32 Å². The number of ether oxygens (including phenoxy) is 1. The second-order valence-corrected chi connectivity index (χ2v) is 3.68. The number of allylic oxidation sites excluding steroid dienone is 2. The van der Waals surface area contributed by atoms with Gasteiger partial charge in [-0.05, 0) is 0 Å². The quantitative estimate of drug-likeness (QED) is 0.698. The number of hydrogen-bond acceptors (Lipinski definition) is 4. The summed E-state index contributed by atoms with van der Waals surface area (Å²) in [5.41, 5.74) is 1.18. The predicted molar refractivity (Wildman–Crippen MR) is 56.1 cm³/mol. The summed E-state index contributed by atoms with van der Waals surface area (Å²) in [6, 6.07) is 6.80. The summed E-state index contributed by atoms with van der Waals surface area (Å²) in [4.78, 5) is 24.1. The second-order valence-electron chi connectivity index (χ2n) is 3.68. The van der Waals surface area contributed by atoms with Crippen LogP contribution in [0.15, 0.2) is 35.7 Å². The Kier molecular flexibility index (Phi) is 1.83. The normalized spacial score (nSPS) is 18.5. The van der Waals surface area contributed by atoms with E-state index in [0.29, 0.717) is 30.0 Å². The van der Waals surface area contributed by atoms with Crippen LogP contribution in [0.5, 0.6) is 0 Å². The van der Waals surface area contributed by atoms with Crippen LogP contribution in [0.2, 0.25) is 0 Å². The van der Waals surface area contributed by atoms with E-state index in [-0.39, 0.29) is 17.3 Å². The summed E-state index contributed by atoms with van der Waals surface area (Å²) < 4.78 is 5.27. The van der Waals surface area contributed by atoms with Gasteiger partial charge in [0.2, 0.25) is 11.6 Å². The van der Waals surface area contributed by atoms with Crippen LogP contribution in [0.25, 0.3) is 0 Å². The maximum Gasteiger partial charge on any atom is 0.230 e. The summed E-state index contributed by atoms with van der Waals surface area (Å²) in [5.74, 6) is -0.211. The molecule has 16 heavy (non-hydrogen) atoms. The van der Waals surface area contributed by atoms with Gasteiger partial charge in [0.1, 0.15) is 12.3 Å². The summed E-state index contributed by atoms with van der Waals surface area (Å²) in [7, 11) is 0. The highest BCUT2D eigenvalue weighted by molar-refractivity contribution is 6.26. The molecule has 0 radical (unpaired) electrons. The summed E-state index contributed by atoms with van der Waals surface area (Å²) >= 11 is 0. The van der Waals surface area contributed by atoms with Crippen molar-refractivity contribution in [1.29, 1.82) is 0 Å². The average Bonchev–Trinajstić information content (AvgIpc) is 2.36. The molecule has 0 atom stereocenters. The van der Waals surface area contributed by atoms with Gasteiger partial charge in [-0.25, -0.2) is 0 Å². The van der Waals surface area contributed by atoms with Crippen LogP contribution in [-0.4, -0.2) is 24.7 Å². The van der Waals surface area contributed by atoms with Crippen LogP contribution in [0, 0.1) is 0 Å². The first-order valence-corrected chi connectivity index (χ1v) is 5.08. The molecule has 1 N–H and O–H groups in total. The largest absolute Gasteiger partial charge is 0.486 e. The Bertz CT molecular complexity index is 484. The molecule has 1 aliphatic carbocycles. The SMILES string of the molecule is O=C1C2=C(OCCN2)C(=O)c2ccccc21. The number of rotatable bonds is 0. The van der Waals surface area contributed by atoms with E-state index in [1.54, 1.807) is 24.3 Å². The molecule has 1 heterocycles. The van der Waals surface area contributed by atoms with Crippen molar-refractivity contribution >= 4 is 11.6 Å². The Morgan fingerprint density at radius 2 is 1.75 bits per heavy atom. The van der Waals surface area contributed by atoms with Crippen molar-refractivity contribution < 1.29 is 14.3 Å². The van der Waals surface area contributed by atoms with Crippen molar-refractivity contribution in [2.24, 2.45) is 0 Å². The van der Waals surface area contributed by atoms with Crippen LogP contribution in [0.3, 0.4) is 0 Å². The first-order valence-electron chi connectivity index (χ1n) is 5.08. The zero-order valence-electron chi connectivity index (χ0n) is 8.45. The molecular weight excluding hydrogens is 206 g/mol. The van der Waals surface area contributed by atoms with Gasteiger partial charge >= 0.3 is 0 Å². The number of fused-ring (bicyclic) bond motifs is 1. The Hall–Kier alpha value is -2.10. The molecule has 2 aliphatic rings. The van der Waals surface area contributed by atoms with Gasteiger partial charge in [0.05, 0.1) is 0 Å². The van der Waals surface area contributed by atoms with Gasteiger partial charge in [0, 0.05) is 17.7 Å². The van der Waals surface area contributed by atoms with Gasteiger partial charge in [-0.15, -0.1) is 0 Å². The number of carbonyl (C=O) groups is 2. The van der Waals surface area contributed by atoms with Gasteiger partial charge in [-0.1, -0.05) is 24.3 Å². The Balaban J connectivity index is 2.22. The van der Waals surface area contributed by atoms with E-state index in [0.717, 1.165) is 0 Å². The number of ketones is 2. The molecule has 0 fully saturated rings. The van der Waals surface area contributed by atoms with E-state index in [4.69, 9.17) is 4.74 Å². The van der Waals surface area contributed by atoms with Crippen LogP contribution in [0.1, 0.15) is 20.7 Å². The molecule has 4 nitrogen and oxygen atoms in total. The molecular formula is C12H9NO3. The smallest absolute Gasteiger partial charge is 0.230 e.